The summed E-state index contributed by atoms with van der Waals surface area (Å²) in [5.74, 6) is 0.198. The first-order valence-electron chi connectivity index (χ1n) is 7.43. The van der Waals surface area contributed by atoms with E-state index in [0.29, 0.717) is 28.6 Å². The number of aromatic hydroxyl groups is 1. The summed E-state index contributed by atoms with van der Waals surface area (Å²) in [6, 6.07) is 6.75. The number of hydrogen-bond donors (Lipinski definition) is 1. The van der Waals surface area contributed by atoms with E-state index in [1.165, 1.54) is 0 Å². The molecule has 1 aliphatic rings. The lowest BCUT2D eigenvalue weighted by Gasteiger charge is -2.24. The number of phenols is 1. The van der Waals surface area contributed by atoms with Crippen molar-refractivity contribution in [2.24, 2.45) is 5.92 Å². The van der Waals surface area contributed by atoms with Crippen molar-refractivity contribution in [3.05, 3.63) is 52.3 Å². The van der Waals surface area contributed by atoms with Crippen LogP contribution < -0.4 is 4.90 Å². The lowest BCUT2D eigenvalue weighted by molar-refractivity contribution is -0.117. The van der Waals surface area contributed by atoms with Crippen molar-refractivity contribution in [3.63, 3.8) is 0 Å². The summed E-state index contributed by atoms with van der Waals surface area (Å²) in [6.07, 6.45) is 5.68. The molecule has 4 nitrogen and oxygen atoms in total. The molecule has 2 atom stereocenters. The third-order valence-electron chi connectivity index (χ3n) is 4.21. The van der Waals surface area contributed by atoms with Gasteiger partial charge in [0.25, 0.3) is 0 Å². The van der Waals surface area contributed by atoms with Crippen molar-refractivity contribution in [1.29, 1.82) is 0 Å². The summed E-state index contributed by atoms with van der Waals surface area (Å²) in [6.45, 7) is 0.566. The Labute approximate surface area is 154 Å². The first-order valence-corrected chi connectivity index (χ1v) is 9.47. The molecule has 0 radical (unpaired) electrons. The second-order valence-corrected chi connectivity index (χ2v) is 7.39. The van der Waals surface area contributed by atoms with Crippen LogP contribution in [0, 0.1) is 5.92 Å². The van der Waals surface area contributed by atoms with Crippen molar-refractivity contribution in [3.8, 4) is 5.75 Å². The number of thioether (sulfide) groups is 1. The lowest BCUT2D eigenvalue weighted by atomic mass is 9.97. The van der Waals surface area contributed by atoms with Crippen LogP contribution >= 0.6 is 35.0 Å². The number of hydrogen-bond acceptors (Lipinski definition) is 4. The summed E-state index contributed by atoms with van der Waals surface area (Å²) in [4.78, 5) is 18.2. The maximum absolute atomic E-state index is 12.4. The highest BCUT2D eigenvalue weighted by Crippen LogP contribution is 2.48. The van der Waals surface area contributed by atoms with Gasteiger partial charge in [-0.3, -0.25) is 9.78 Å². The van der Waals surface area contributed by atoms with Crippen LogP contribution in [0.2, 0.25) is 10.0 Å². The second kappa shape index (κ2) is 7.21. The molecule has 0 bridgehead atoms. The van der Waals surface area contributed by atoms with Gasteiger partial charge in [0.15, 0.2) is 0 Å². The largest absolute Gasteiger partial charge is 0.508 e. The van der Waals surface area contributed by atoms with Gasteiger partial charge in [0.1, 0.15) is 5.75 Å². The van der Waals surface area contributed by atoms with E-state index in [4.69, 9.17) is 23.2 Å². The van der Waals surface area contributed by atoms with E-state index in [1.54, 1.807) is 41.2 Å². The third-order valence-corrected chi connectivity index (χ3v) is 6.15. The van der Waals surface area contributed by atoms with Crippen LogP contribution in [0.15, 0.2) is 36.7 Å². The van der Waals surface area contributed by atoms with Crippen molar-refractivity contribution >= 4 is 46.6 Å². The maximum Gasteiger partial charge on any atom is 0.227 e. The molecule has 1 N–H and O–H groups in total. The summed E-state index contributed by atoms with van der Waals surface area (Å²) in [7, 11) is 0. The van der Waals surface area contributed by atoms with E-state index in [1.807, 2.05) is 18.4 Å². The Balaban J connectivity index is 1.91. The zero-order valence-electron chi connectivity index (χ0n) is 12.9. The van der Waals surface area contributed by atoms with Gasteiger partial charge >= 0.3 is 0 Å². The predicted molar refractivity (Wildman–Crippen MR) is 99.1 cm³/mol. The molecule has 24 heavy (non-hydrogen) atoms. The van der Waals surface area contributed by atoms with Gasteiger partial charge in [-0.25, -0.2) is 0 Å². The molecular weight excluding hydrogens is 367 g/mol. The summed E-state index contributed by atoms with van der Waals surface area (Å²) in [5, 5.41) is 10.9. The van der Waals surface area contributed by atoms with Crippen molar-refractivity contribution in [1.82, 2.24) is 4.98 Å². The Hall–Kier alpha value is -1.43. The minimum atomic E-state index is -0.119. The van der Waals surface area contributed by atoms with E-state index in [9.17, 15) is 9.90 Å². The number of phenolic OH excluding ortho intramolecular Hbond substituents is 1. The average molecular weight is 383 g/mol. The molecule has 2 heterocycles. The number of carbonyl (C=O) groups excluding carboxylic acids is 1. The van der Waals surface area contributed by atoms with E-state index >= 15 is 0 Å². The van der Waals surface area contributed by atoms with E-state index in [-0.39, 0.29) is 22.8 Å². The quantitative estimate of drug-likeness (QED) is 0.842. The Bertz CT molecular complexity index is 758. The van der Waals surface area contributed by atoms with Gasteiger partial charge < -0.3 is 10.0 Å². The smallest absolute Gasteiger partial charge is 0.227 e. The minimum absolute atomic E-state index is 0.0301. The molecule has 0 saturated carbocycles. The minimum Gasteiger partial charge on any atom is -0.508 e. The Morgan fingerprint density at radius 2 is 2.00 bits per heavy atom. The molecule has 126 valence electrons. The number of rotatable bonds is 4. The van der Waals surface area contributed by atoms with Crippen molar-refractivity contribution < 1.29 is 9.90 Å². The first kappa shape index (κ1) is 17.4. The van der Waals surface area contributed by atoms with Crippen LogP contribution in [0.3, 0.4) is 0 Å². The Morgan fingerprint density at radius 3 is 2.67 bits per heavy atom. The van der Waals surface area contributed by atoms with Gasteiger partial charge in [0.2, 0.25) is 5.91 Å². The van der Waals surface area contributed by atoms with Gasteiger partial charge in [0, 0.05) is 47.8 Å². The molecule has 7 heteroatoms. The number of aromatic nitrogens is 1. The highest BCUT2D eigenvalue weighted by atomic mass is 35.5. The van der Waals surface area contributed by atoms with Crippen LogP contribution in [-0.2, 0) is 4.79 Å². The molecule has 0 aliphatic carbocycles. The fraction of sp³-hybridized carbons (Fsp3) is 0.294. The van der Waals surface area contributed by atoms with Gasteiger partial charge in [-0.2, -0.15) is 11.8 Å². The van der Waals surface area contributed by atoms with Crippen LogP contribution in [0.1, 0.15) is 17.2 Å². The number of halogens is 2. The van der Waals surface area contributed by atoms with Crippen molar-refractivity contribution in [2.45, 2.75) is 11.7 Å². The SMILES string of the molecule is CS[C@H](c1c(O)ccc(Cl)c1Cl)C1CC(=O)N(c2ccncc2)C1. The lowest BCUT2D eigenvalue weighted by Crippen LogP contribution is -2.25. The Kier molecular flexibility index (Phi) is 5.23. The molecule has 0 spiro atoms. The molecule has 1 fully saturated rings. The van der Waals surface area contributed by atoms with E-state index in [2.05, 4.69) is 4.98 Å². The first-order chi connectivity index (χ1) is 11.5. The molecule has 1 aromatic carbocycles. The highest BCUT2D eigenvalue weighted by molar-refractivity contribution is 7.98. The molecule has 1 unspecified atom stereocenters. The molecule has 1 aromatic heterocycles. The molecule has 1 aliphatic heterocycles. The number of anilines is 1. The van der Waals surface area contributed by atoms with Crippen molar-refractivity contribution in [2.75, 3.05) is 17.7 Å². The number of amides is 1. The second-order valence-electron chi connectivity index (χ2n) is 5.62. The number of nitrogens with zero attached hydrogens (tertiary/aromatic N) is 2. The fourth-order valence-electron chi connectivity index (χ4n) is 3.08. The monoisotopic (exact) mass is 382 g/mol. The topological polar surface area (TPSA) is 53.4 Å². The van der Waals surface area contributed by atoms with Crippen LogP contribution in [0.5, 0.6) is 5.75 Å². The van der Waals surface area contributed by atoms with Gasteiger partial charge in [0.05, 0.1) is 10.0 Å². The zero-order chi connectivity index (χ0) is 17.3. The predicted octanol–water partition coefficient (Wildman–Crippen LogP) is 4.55. The molecule has 1 amide bonds. The number of benzene rings is 1. The van der Waals surface area contributed by atoms with E-state index < -0.39 is 0 Å². The highest BCUT2D eigenvalue weighted by Gasteiger charge is 2.38. The summed E-state index contributed by atoms with van der Waals surface area (Å²) >= 11 is 14.0. The standard InChI is InChI=1S/C17H16Cl2N2O2S/c1-24-17(15-13(22)3-2-12(18)16(15)19)10-8-14(23)21(9-10)11-4-6-20-7-5-11/h2-7,10,17,22H,8-9H2,1H3/t10?,17-/m0/s1. The molecule has 2 aromatic rings. The molecule has 1 saturated heterocycles. The van der Waals surface area contributed by atoms with Crippen LogP contribution in [0.25, 0.3) is 0 Å². The summed E-state index contributed by atoms with van der Waals surface area (Å²) < 4.78 is 0. The maximum atomic E-state index is 12.4. The van der Waals surface area contributed by atoms with Crippen LogP contribution in [0.4, 0.5) is 5.69 Å². The molecular formula is C17H16Cl2N2O2S. The van der Waals surface area contributed by atoms with Crippen LogP contribution in [-0.4, -0.2) is 28.8 Å². The number of pyridine rings is 1. The van der Waals surface area contributed by atoms with Gasteiger partial charge in [-0.15, -0.1) is 0 Å². The Morgan fingerprint density at radius 1 is 1.29 bits per heavy atom. The molecule has 3 rings (SSSR count). The van der Waals surface area contributed by atoms with E-state index in [0.717, 1.165) is 5.69 Å². The van der Waals surface area contributed by atoms with Gasteiger partial charge in [-0.05, 0) is 30.5 Å². The third kappa shape index (κ3) is 3.21. The normalized spacial score (nSPS) is 18.9. The average Bonchev–Trinajstić information content (AvgIpc) is 2.97. The van der Waals surface area contributed by atoms with Gasteiger partial charge in [-0.1, -0.05) is 23.2 Å². The summed E-state index contributed by atoms with van der Waals surface area (Å²) in [5.41, 5.74) is 1.44. The number of carbonyl (C=O) groups is 1. The zero-order valence-corrected chi connectivity index (χ0v) is 15.3. The fourth-order valence-corrected chi connectivity index (χ4v) is 4.63.